The van der Waals surface area contributed by atoms with Crippen molar-refractivity contribution in [1.29, 1.82) is 0 Å². The SMILES string of the molecule is CCOC(=O)c1ccc(OC(F)F)c(O)c1N=O. The quantitative estimate of drug-likeness (QED) is 0.650. The van der Waals surface area contributed by atoms with Crippen LogP contribution in [0.1, 0.15) is 17.3 Å². The molecule has 0 atom stereocenters. The Balaban J connectivity index is 3.20. The second kappa shape index (κ2) is 5.89. The van der Waals surface area contributed by atoms with Crippen molar-refractivity contribution in [2.75, 3.05) is 6.61 Å². The minimum Gasteiger partial charge on any atom is -0.503 e. The fourth-order valence-corrected chi connectivity index (χ4v) is 1.22. The van der Waals surface area contributed by atoms with Crippen molar-refractivity contribution in [3.8, 4) is 11.5 Å². The van der Waals surface area contributed by atoms with Gasteiger partial charge in [0.15, 0.2) is 17.2 Å². The van der Waals surface area contributed by atoms with Gasteiger partial charge in [-0.2, -0.15) is 8.78 Å². The molecule has 6 nitrogen and oxygen atoms in total. The fourth-order valence-electron chi connectivity index (χ4n) is 1.22. The summed E-state index contributed by atoms with van der Waals surface area (Å²) in [5.41, 5.74) is -1.03. The van der Waals surface area contributed by atoms with E-state index in [0.717, 1.165) is 12.1 Å². The number of carbonyl (C=O) groups excluding carboxylic acids is 1. The van der Waals surface area contributed by atoms with Gasteiger partial charge in [-0.05, 0) is 24.2 Å². The highest BCUT2D eigenvalue weighted by Gasteiger charge is 2.22. The Morgan fingerprint density at radius 1 is 1.50 bits per heavy atom. The number of alkyl halides is 2. The van der Waals surface area contributed by atoms with Crippen LogP contribution in [0, 0.1) is 4.91 Å². The molecular formula is C10H9F2NO5. The van der Waals surface area contributed by atoms with Gasteiger partial charge in [0.2, 0.25) is 0 Å². The molecule has 98 valence electrons. The smallest absolute Gasteiger partial charge is 0.387 e. The number of hydrogen-bond acceptors (Lipinski definition) is 6. The van der Waals surface area contributed by atoms with E-state index in [2.05, 4.69) is 14.7 Å². The predicted octanol–water partition coefficient (Wildman–Crippen LogP) is 2.57. The standard InChI is InChI=1S/C10H9F2NO5/c1-2-17-9(15)5-3-4-6(18-10(11)12)8(14)7(5)13-16/h3-4,10,14H,2H2,1H3. The summed E-state index contributed by atoms with van der Waals surface area (Å²) in [5.74, 6) is -2.48. The maximum Gasteiger partial charge on any atom is 0.387 e. The Labute approximate surface area is 100 Å². The summed E-state index contributed by atoms with van der Waals surface area (Å²) < 4.78 is 32.5. The summed E-state index contributed by atoms with van der Waals surface area (Å²) in [7, 11) is 0. The summed E-state index contributed by atoms with van der Waals surface area (Å²) in [6, 6.07) is 1.93. The number of benzene rings is 1. The van der Waals surface area contributed by atoms with E-state index in [-0.39, 0.29) is 12.2 Å². The van der Waals surface area contributed by atoms with Crippen LogP contribution in [0.3, 0.4) is 0 Å². The lowest BCUT2D eigenvalue weighted by Gasteiger charge is -2.10. The van der Waals surface area contributed by atoms with Gasteiger partial charge in [0, 0.05) is 0 Å². The summed E-state index contributed by atoms with van der Waals surface area (Å²) in [6.07, 6.45) is 0. The number of nitrogens with zero attached hydrogens (tertiary/aromatic N) is 1. The Bertz CT molecular complexity index is 464. The molecule has 1 aromatic rings. The molecule has 0 aliphatic rings. The summed E-state index contributed by atoms with van der Waals surface area (Å²) in [6.45, 7) is -1.59. The molecule has 0 spiro atoms. The molecule has 1 aromatic carbocycles. The minimum absolute atomic E-state index is 0.0488. The molecule has 0 unspecified atom stereocenters. The van der Waals surface area contributed by atoms with Crippen LogP contribution in [-0.4, -0.2) is 24.3 Å². The number of nitroso groups, excluding NO2 is 1. The summed E-state index contributed by atoms with van der Waals surface area (Å²) in [4.78, 5) is 21.9. The van der Waals surface area contributed by atoms with Gasteiger partial charge in [0.25, 0.3) is 0 Å². The molecule has 1 rings (SSSR count). The van der Waals surface area contributed by atoms with Gasteiger partial charge in [-0.15, -0.1) is 4.91 Å². The van der Waals surface area contributed by atoms with Crippen molar-refractivity contribution in [2.45, 2.75) is 13.5 Å². The minimum atomic E-state index is -3.18. The highest BCUT2D eigenvalue weighted by molar-refractivity contribution is 5.97. The van der Waals surface area contributed by atoms with E-state index in [1.165, 1.54) is 0 Å². The number of phenolic OH excluding ortho intramolecular Hbond substituents is 1. The summed E-state index contributed by atoms with van der Waals surface area (Å²) >= 11 is 0. The van der Waals surface area contributed by atoms with Gasteiger partial charge in [-0.25, -0.2) is 4.79 Å². The molecule has 0 heterocycles. The molecule has 8 heteroatoms. The lowest BCUT2D eigenvalue weighted by molar-refractivity contribution is -0.0511. The van der Waals surface area contributed by atoms with Crippen LogP contribution >= 0.6 is 0 Å². The Kier molecular flexibility index (Phi) is 4.52. The molecule has 0 aliphatic carbocycles. The molecule has 18 heavy (non-hydrogen) atoms. The average molecular weight is 261 g/mol. The molecule has 0 aromatic heterocycles. The van der Waals surface area contributed by atoms with Crippen molar-refractivity contribution < 1.29 is 28.2 Å². The highest BCUT2D eigenvalue weighted by Crippen LogP contribution is 2.39. The molecule has 0 aliphatic heterocycles. The molecule has 0 bridgehead atoms. The van der Waals surface area contributed by atoms with Crippen LogP contribution in [0.25, 0.3) is 0 Å². The van der Waals surface area contributed by atoms with Crippen molar-refractivity contribution in [2.24, 2.45) is 5.18 Å². The van der Waals surface area contributed by atoms with Crippen LogP contribution in [0.2, 0.25) is 0 Å². The third kappa shape index (κ3) is 2.90. The molecular weight excluding hydrogens is 252 g/mol. The topological polar surface area (TPSA) is 85.2 Å². The van der Waals surface area contributed by atoms with E-state index in [1.54, 1.807) is 6.92 Å². The zero-order valence-electron chi connectivity index (χ0n) is 9.22. The number of halogens is 2. The first-order valence-electron chi connectivity index (χ1n) is 4.82. The number of carbonyl (C=O) groups is 1. The Hall–Kier alpha value is -2.25. The predicted molar refractivity (Wildman–Crippen MR) is 56.2 cm³/mol. The van der Waals surface area contributed by atoms with E-state index in [9.17, 15) is 23.6 Å². The second-order valence-corrected chi connectivity index (χ2v) is 3.00. The summed E-state index contributed by atoms with van der Waals surface area (Å²) in [5, 5.41) is 11.9. The van der Waals surface area contributed by atoms with E-state index in [4.69, 9.17) is 0 Å². The van der Waals surface area contributed by atoms with Crippen molar-refractivity contribution in [3.63, 3.8) is 0 Å². The zero-order chi connectivity index (χ0) is 13.7. The van der Waals surface area contributed by atoms with Crippen LogP contribution < -0.4 is 4.74 Å². The lowest BCUT2D eigenvalue weighted by atomic mass is 10.1. The van der Waals surface area contributed by atoms with Crippen LogP contribution in [-0.2, 0) is 4.74 Å². The first kappa shape index (κ1) is 13.8. The number of rotatable bonds is 5. The van der Waals surface area contributed by atoms with Crippen LogP contribution in [0.5, 0.6) is 11.5 Å². The van der Waals surface area contributed by atoms with Gasteiger partial charge in [-0.3, -0.25) is 0 Å². The maximum atomic E-state index is 12.0. The number of esters is 1. The zero-order valence-corrected chi connectivity index (χ0v) is 9.22. The van der Waals surface area contributed by atoms with Crippen molar-refractivity contribution in [3.05, 3.63) is 22.6 Å². The number of hydrogen-bond donors (Lipinski definition) is 1. The Morgan fingerprint density at radius 2 is 2.17 bits per heavy atom. The largest absolute Gasteiger partial charge is 0.503 e. The third-order valence-electron chi connectivity index (χ3n) is 1.92. The van der Waals surface area contributed by atoms with Gasteiger partial charge in [0.05, 0.1) is 12.2 Å². The van der Waals surface area contributed by atoms with Gasteiger partial charge >= 0.3 is 12.6 Å². The average Bonchev–Trinajstić information content (AvgIpc) is 2.31. The first-order chi connectivity index (χ1) is 8.51. The van der Waals surface area contributed by atoms with E-state index < -0.39 is 29.8 Å². The lowest BCUT2D eigenvalue weighted by Crippen LogP contribution is -2.06. The maximum absolute atomic E-state index is 12.0. The molecule has 0 saturated heterocycles. The number of aromatic hydroxyl groups is 1. The van der Waals surface area contributed by atoms with Crippen LogP contribution in [0.15, 0.2) is 17.3 Å². The van der Waals surface area contributed by atoms with Crippen molar-refractivity contribution >= 4 is 11.7 Å². The second-order valence-electron chi connectivity index (χ2n) is 3.00. The molecule has 0 radical (unpaired) electrons. The third-order valence-corrected chi connectivity index (χ3v) is 1.92. The van der Waals surface area contributed by atoms with Crippen molar-refractivity contribution in [1.82, 2.24) is 0 Å². The molecule has 0 fully saturated rings. The molecule has 0 amide bonds. The Morgan fingerprint density at radius 3 is 2.67 bits per heavy atom. The van der Waals surface area contributed by atoms with E-state index in [1.807, 2.05) is 0 Å². The van der Waals surface area contributed by atoms with Gasteiger partial charge in [-0.1, -0.05) is 0 Å². The molecule has 1 N–H and O–H groups in total. The number of phenols is 1. The molecule has 0 saturated carbocycles. The monoisotopic (exact) mass is 261 g/mol. The van der Waals surface area contributed by atoms with E-state index >= 15 is 0 Å². The fraction of sp³-hybridized carbons (Fsp3) is 0.300. The first-order valence-corrected chi connectivity index (χ1v) is 4.82. The van der Waals surface area contributed by atoms with Gasteiger partial charge in [0.1, 0.15) is 0 Å². The van der Waals surface area contributed by atoms with Gasteiger partial charge < -0.3 is 14.6 Å². The highest BCUT2D eigenvalue weighted by atomic mass is 19.3. The van der Waals surface area contributed by atoms with Crippen LogP contribution in [0.4, 0.5) is 14.5 Å². The van der Waals surface area contributed by atoms with E-state index in [0.29, 0.717) is 0 Å². The normalized spacial score (nSPS) is 10.2. The number of ether oxygens (including phenoxy) is 2.